The van der Waals surface area contributed by atoms with E-state index >= 15 is 0 Å². The number of carboxylic acid groups (broad SMARTS) is 1. The molecule has 5 heteroatoms. The van der Waals surface area contributed by atoms with Gasteiger partial charge >= 0.3 is 5.97 Å². The highest BCUT2D eigenvalue weighted by Crippen LogP contribution is 2.50. The van der Waals surface area contributed by atoms with Crippen LogP contribution in [0.3, 0.4) is 0 Å². The van der Waals surface area contributed by atoms with Gasteiger partial charge in [0, 0.05) is 22.6 Å². The lowest BCUT2D eigenvalue weighted by atomic mass is 9.89. The molecule has 0 radical (unpaired) electrons. The van der Waals surface area contributed by atoms with Gasteiger partial charge in [-0.3, -0.25) is 4.79 Å². The van der Waals surface area contributed by atoms with Crippen molar-refractivity contribution in [3.8, 4) is 11.5 Å². The topological polar surface area (TPSA) is 55.8 Å². The Labute approximate surface area is 135 Å². The van der Waals surface area contributed by atoms with Crippen LogP contribution in [0.5, 0.6) is 11.5 Å². The van der Waals surface area contributed by atoms with Crippen molar-refractivity contribution in [2.45, 2.75) is 50.5 Å². The van der Waals surface area contributed by atoms with E-state index in [-0.39, 0.29) is 18.4 Å². The summed E-state index contributed by atoms with van der Waals surface area (Å²) in [5.74, 6) is 0.855. The van der Waals surface area contributed by atoms with E-state index in [9.17, 15) is 9.90 Å². The minimum Gasteiger partial charge on any atom is -0.493 e. The lowest BCUT2D eigenvalue weighted by Gasteiger charge is -2.30. The number of ether oxygens (including phenoxy) is 2. The minimum atomic E-state index is -0.787. The van der Waals surface area contributed by atoms with Gasteiger partial charge in [0.2, 0.25) is 0 Å². The summed E-state index contributed by atoms with van der Waals surface area (Å²) >= 11 is 6.21. The van der Waals surface area contributed by atoms with Gasteiger partial charge < -0.3 is 14.6 Å². The van der Waals surface area contributed by atoms with Crippen LogP contribution in [0.15, 0.2) is 12.1 Å². The molecule has 22 heavy (non-hydrogen) atoms. The maximum atomic E-state index is 11.3. The van der Waals surface area contributed by atoms with Crippen molar-refractivity contribution >= 4 is 17.6 Å². The molecule has 0 saturated heterocycles. The Morgan fingerprint density at radius 2 is 2.09 bits per heavy atom. The number of carbonyl (C=O) groups is 1. The maximum Gasteiger partial charge on any atom is 0.303 e. The molecule has 2 aliphatic carbocycles. The molecule has 1 aromatic rings. The molecule has 0 aromatic heterocycles. The van der Waals surface area contributed by atoms with E-state index in [0.29, 0.717) is 22.4 Å². The van der Waals surface area contributed by atoms with Gasteiger partial charge in [0.15, 0.2) is 11.5 Å². The number of methoxy groups -OCH3 is 1. The maximum absolute atomic E-state index is 11.3. The van der Waals surface area contributed by atoms with Gasteiger partial charge in [-0.25, -0.2) is 0 Å². The van der Waals surface area contributed by atoms with Gasteiger partial charge in [0.05, 0.1) is 19.6 Å². The molecule has 0 spiro atoms. The summed E-state index contributed by atoms with van der Waals surface area (Å²) < 4.78 is 11.6. The smallest absolute Gasteiger partial charge is 0.303 e. The fourth-order valence-electron chi connectivity index (χ4n) is 3.01. The highest BCUT2D eigenvalue weighted by Gasteiger charge is 2.37. The molecule has 2 fully saturated rings. The Morgan fingerprint density at radius 1 is 1.36 bits per heavy atom. The molecule has 0 amide bonds. The molecule has 1 unspecified atom stereocenters. The quantitative estimate of drug-likeness (QED) is 0.814. The van der Waals surface area contributed by atoms with Crippen LogP contribution in [-0.2, 0) is 4.79 Å². The first kappa shape index (κ1) is 15.5. The second-order valence-electron chi connectivity index (χ2n) is 6.24. The largest absolute Gasteiger partial charge is 0.493 e. The van der Waals surface area contributed by atoms with E-state index in [1.54, 1.807) is 13.2 Å². The summed E-state index contributed by atoms with van der Waals surface area (Å²) in [5, 5.41) is 9.80. The van der Waals surface area contributed by atoms with Crippen LogP contribution in [-0.4, -0.2) is 24.3 Å². The molecular formula is C17H21ClO4. The van der Waals surface area contributed by atoms with Gasteiger partial charge in [0.25, 0.3) is 0 Å². The van der Waals surface area contributed by atoms with Crippen molar-refractivity contribution in [1.82, 2.24) is 0 Å². The summed E-state index contributed by atoms with van der Waals surface area (Å²) in [6, 6.07) is 3.59. The van der Waals surface area contributed by atoms with Crippen molar-refractivity contribution in [3.63, 3.8) is 0 Å². The number of hydrogen-bond donors (Lipinski definition) is 1. The number of rotatable bonds is 7. The van der Waals surface area contributed by atoms with Gasteiger partial charge in [-0.05, 0) is 44.1 Å². The molecule has 2 aliphatic rings. The van der Waals surface area contributed by atoms with E-state index in [1.807, 2.05) is 6.07 Å². The van der Waals surface area contributed by atoms with Crippen molar-refractivity contribution in [1.29, 1.82) is 0 Å². The fourth-order valence-corrected chi connectivity index (χ4v) is 3.23. The highest BCUT2D eigenvalue weighted by molar-refractivity contribution is 6.30. The van der Waals surface area contributed by atoms with Crippen molar-refractivity contribution in [2.24, 2.45) is 5.92 Å². The summed E-state index contributed by atoms with van der Waals surface area (Å²) in [5.41, 5.74) is 0.890. The van der Waals surface area contributed by atoms with Crippen LogP contribution in [0.2, 0.25) is 5.02 Å². The fraction of sp³-hybridized carbons (Fsp3) is 0.588. The number of benzene rings is 1. The van der Waals surface area contributed by atoms with E-state index in [2.05, 4.69) is 0 Å². The second-order valence-corrected chi connectivity index (χ2v) is 6.68. The zero-order valence-corrected chi connectivity index (χ0v) is 13.4. The Hall–Kier alpha value is -1.42. The monoisotopic (exact) mass is 324 g/mol. The van der Waals surface area contributed by atoms with Gasteiger partial charge in [-0.15, -0.1) is 0 Å². The minimum absolute atomic E-state index is 0.0554. The van der Waals surface area contributed by atoms with Crippen LogP contribution >= 0.6 is 11.6 Å². The molecule has 1 N–H and O–H groups in total. The summed E-state index contributed by atoms with van der Waals surface area (Å²) in [6.07, 6.45) is 5.70. The van der Waals surface area contributed by atoms with E-state index in [0.717, 1.165) is 31.2 Å². The predicted octanol–water partition coefficient (Wildman–Crippen LogP) is 4.25. The first-order chi connectivity index (χ1) is 10.6. The molecule has 1 aromatic carbocycles. The predicted molar refractivity (Wildman–Crippen MR) is 84.0 cm³/mol. The normalized spacial score (nSPS) is 19.4. The van der Waals surface area contributed by atoms with Crippen LogP contribution in [0.25, 0.3) is 0 Å². The molecule has 2 saturated carbocycles. The van der Waals surface area contributed by atoms with Crippen molar-refractivity contribution in [2.75, 3.05) is 7.11 Å². The Bertz CT molecular complexity index is 564. The van der Waals surface area contributed by atoms with Crippen LogP contribution in [0.4, 0.5) is 0 Å². The zero-order valence-electron chi connectivity index (χ0n) is 12.7. The van der Waals surface area contributed by atoms with Crippen molar-refractivity contribution < 1.29 is 19.4 Å². The molecule has 4 nitrogen and oxygen atoms in total. The third-order valence-electron chi connectivity index (χ3n) is 4.59. The van der Waals surface area contributed by atoms with E-state index < -0.39 is 5.97 Å². The summed E-state index contributed by atoms with van der Waals surface area (Å²) in [4.78, 5) is 11.3. The first-order valence-corrected chi connectivity index (χ1v) is 8.22. The highest BCUT2D eigenvalue weighted by atomic mass is 35.5. The molecule has 0 heterocycles. The van der Waals surface area contributed by atoms with E-state index in [1.165, 1.54) is 6.42 Å². The average molecular weight is 325 g/mol. The number of hydrogen-bond acceptors (Lipinski definition) is 3. The molecule has 0 bridgehead atoms. The summed E-state index contributed by atoms with van der Waals surface area (Å²) in [7, 11) is 1.59. The van der Waals surface area contributed by atoms with Crippen LogP contribution < -0.4 is 9.47 Å². The molecular weight excluding hydrogens is 304 g/mol. The average Bonchev–Trinajstić information content (AvgIpc) is 3.24. The molecule has 3 rings (SSSR count). The second kappa shape index (κ2) is 6.37. The molecule has 0 aliphatic heterocycles. The summed E-state index contributed by atoms with van der Waals surface area (Å²) in [6.45, 7) is 0. The molecule has 120 valence electrons. The van der Waals surface area contributed by atoms with Gasteiger partial charge in [0.1, 0.15) is 0 Å². The Kier molecular flexibility index (Phi) is 4.48. The lowest BCUT2D eigenvalue weighted by molar-refractivity contribution is -0.137. The number of aliphatic carboxylic acids is 1. The van der Waals surface area contributed by atoms with Crippen molar-refractivity contribution in [3.05, 3.63) is 22.7 Å². The number of carboxylic acids is 1. The zero-order chi connectivity index (χ0) is 15.7. The van der Waals surface area contributed by atoms with Crippen LogP contribution in [0.1, 0.15) is 50.0 Å². The standard InChI is InChI=1S/C17H21ClO4/c1-21-15-8-11(18)7-14(17(15)22-12-3-2-4-12)13(9-16(19)20)10-5-6-10/h7-8,10,12-13H,2-6,9H2,1H3,(H,19,20). The Morgan fingerprint density at radius 3 is 2.59 bits per heavy atom. The number of halogens is 1. The van der Waals surface area contributed by atoms with Crippen LogP contribution in [0, 0.1) is 5.92 Å². The van der Waals surface area contributed by atoms with Gasteiger partial charge in [-0.2, -0.15) is 0 Å². The third-order valence-corrected chi connectivity index (χ3v) is 4.81. The molecule has 1 atom stereocenters. The SMILES string of the molecule is COc1cc(Cl)cc(C(CC(=O)O)C2CC2)c1OC1CCC1. The van der Waals surface area contributed by atoms with E-state index in [4.69, 9.17) is 21.1 Å². The third kappa shape index (κ3) is 3.32. The Balaban J connectivity index is 1.98. The lowest BCUT2D eigenvalue weighted by Crippen LogP contribution is -2.26. The van der Waals surface area contributed by atoms with Gasteiger partial charge in [-0.1, -0.05) is 11.6 Å². The first-order valence-electron chi connectivity index (χ1n) is 7.84.